The predicted molar refractivity (Wildman–Crippen MR) is 47.1 cm³/mol. The van der Waals surface area contributed by atoms with Gasteiger partial charge in [0.05, 0.1) is 13.2 Å². The van der Waals surface area contributed by atoms with E-state index in [1.54, 1.807) is 0 Å². The quantitative estimate of drug-likeness (QED) is 0.465. The summed E-state index contributed by atoms with van der Waals surface area (Å²) in [6.07, 6.45) is 5.55. The molecule has 0 aromatic carbocycles. The van der Waals surface area contributed by atoms with Gasteiger partial charge in [-0.05, 0) is 19.3 Å². The molecular weight excluding hydrogens is 152 g/mol. The Hall–Kier alpha value is -0.0800. The lowest BCUT2D eigenvalue weighted by Crippen LogP contribution is -2.18. The Kier molecular flexibility index (Phi) is 2.37. The molecule has 0 amide bonds. The van der Waals surface area contributed by atoms with Crippen LogP contribution in [0.25, 0.3) is 0 Å². The molecule has 0 bridgehead atoms. The number of hydrogen-bond acceptors (Lipinski definition) is 2. The van der Waals surface area contributed by atoms with Gasteiger partial charge in [-0.15, -0.1) is 0 Å². The van der Waals surface area contributed by atoms with E-state index < -0.39 is 0 Å². The molecule has 1 aliphatic carbocycles. The zero-order valence-electron chi connectivity index (χ0n) is 7.84. The summed E-state index contributed by atoms with van der Waals surface area (Å²) in [5.74, 6) is 0.970. The van der Waals surface area contributed by atoms with Crippen LogP contribution in [0, 0.1) is 5.92 Å². The van der Waals surface area contributed by atoms with E-state index >= 15 is 0 Å². The lowest BCUT2D eigenvalue weighted by molar-refractivity contribution is 0.0684. The molecule has 1 unspecified atom stereocenters. The van der Waals surface area contributed by atoms with E-state index in [4.69, 9.17) is 9.47 Å². The Bertz CT molecular complexity index is 148. The Morgan fingerprint density at radius 2 is 2.25 bits per heavy atom. The van der Waals surface area contributed by atoms with Crippen LogP contribution < -0.4 is 0 Å². The first-order valence-corrected chi connectivity index (χ1v) is 5.00. The van der Waals surface area contributed by atoms with E-state index in [0.717, 1.165) is 25.7 Å². The van der Waals surface area contributed by atoms with Gasteiger partial charge >= 0.3 is 0 Å². The summed E-state index contributed by atoms with van der Waals surface area (Å²) in [7, 11) is 0. The molecule has 0 N–H and O–H groups in total. The van der Waals surface area contributed by atoms with Gasteiger partial charge in [-0.3, -0.25) is 0 Å². The van der Waals surface area contributed by atoms with Crippen LogP contribution in [0.1, 0.15) is 32.6 Å². The molecule has 2 fully saturated rings. The molecule has 2 aliphatic rings. The minimum Gasteiger partial charge on any atom is -0.378 e. The number of epoxide rings is 1. The van der Waals surface area contributed by atoms with Gasteiger partial charge in [0, 0.05) is 6.61 Å². The molecule has 1 atom stereocenters. The van der Waals surface area contributed by atoms with Gasteiger partial charge in [0.15, 0.2) is 0 Å². The lowest BCUT2D eigenvalue weighted by atomic mass is 9.83. The van der Waals surface area contributed by atoms with Crippen LogP contribution in [0.5, 0.6) is 0 Å². The fraction of sp³-hybridized carbons (Fsp3) is 1.00. The van der Waals surface area contributed by atoms with Crippen LogP contribution in [0.15, 0.2) is 0 Å². The topological polar surface area (TPSA) is 21.8 Å². The van der Waals surface area contributed by atoms with Crippen LogP contribution in [-0.2, 0) is 9.47 Å². The van der Waals surface area contributed by atoms with E-state index in [1.807, 2.05) is 0 Å². The number of hydrogen-bond donors (Lipinski definition) is 0. The summed E-state index contributed by atoms with van der Waals surface area (Å²) >= 11 is 0. The SMILES string of the molecule is CC1(COCCC2CCC2)CO1. The zero-order valence-corrected chi connectivity index (χ0v) is 7.84. The van der Waals surface area contributed by atoms with Crippen LogP contribution in [-0.4, -0.2) is 25.4 Å². The third-order valence-electron chi connectivity index (χ3n) is 2.94. The third kappa shape index (κ3) is 2.20. The fourth-order valence-electron chi connectivity index (χ4n) is 1.53. The maximum atomic E-state index is 5.54. The highest BCUT2D eigenvalue weighted by Gasteiger charge is 2.39. The molecule has 12 heavy (non-hydrogen) atoms. The molecule has 1 aliphatic heterocycles. The highest BCUT2D eigenvalue weighted by molar-refractivity contribution is 4.86. The first-order chi connectivity index (χ1) is 5.79. The molecule has 0 aromatic heterocycles. The summed E-state index contributed by atoms with van der Waals surface area (Å²) in [6, 6.07) is 0. The standard InChI is InChI=1S/C10H18O2/c1-10(8-12-10)7-11-6-5-9-3-2-4-9/h9H,2-8H2,1H3. The first kappa shape index (κ1) is 8.52. The smallest absolute Gasteiger partial charge is 0.112 e. The second kappa shape index (κ2) is 3.35. The van der Waals surface area contributed by atoms with Gasteiger partial charge in [0.2, 0.25) is 0 Å². The zero-order chi connectivity index (χ0) is 8.44. The van der Waals surface area contributed by atoms with Crippen molar-refractivity contribution in [3.63, 3.8) is 0 Å². The fourth-order valence-corrected chi connectivity index (χ4v) is 1.53. The van der Waals surface area contributed by atoms with Crippen molar-refractivity contribution < 1.29 is 9.47 Å². The Labute approximate surface area is 74.2 Å². The summed E-state index contributed by atoms with van der Waals surface area (Å²) in [4.78, 5) is 0. The molecule has 2 heteroatoms. The Morgan fingerprint density at radius 1 is 1.50 bits per heavy atom. The molecule has 1 heterocycles. The lowest BCUT2D eigenvalue weighted by Gasteiger charge is -2.25. The summed E-state index contributed by atoms with van der Waals surface area (Å²) in [5.41, 5.74) is 0.0829. The minimum atomic E-state index is 0.0829. The molecule has 2 nitrogen and oxygen atoms in total. The van der Waals surface area contributed by atoms with Crippen LogP contribution >= 0.6 is 0 Å². The number of rotatable bonds is 5. The normalized spacial score (nSPS) is 34.8. The molecule has 0 radical (unpaired) electrons. The monoisotopic (exact) mass is 170 g/mol. The van der Waals surface area contributed by atoms with Crippen LogP contribution in [0.3, 0.4) is 0 Å². The molecule has 1 saturated heterocycles. The minimum absolute atomic E-state index is 0.0829. The van der Waals surface area contributed by atoms with Crippen molar-refractivity contribution in [2.75, 3.05) is 19.8 Å². The molecule has 2 rings (SSSR count). The molecular formula is C10H18O2. The van der Waals surface area contributed by atoms with Crippen LogP contribution in [0.4, 0.5) is 0 Å². The third-order valence-corrected chi connectivity index (χ3v) is 2.94. The van der Waals surface area contributed by atoms with Gasteiger partial charge in [0.1, 0.15) is 5.60 Å². The van der Waals surface area contributed by atoms with Gasteiger partial charge in [-0.25, -0.2) is 0 Å². The highest BCUT2D eigenvalue weighted by Crippen LogP contribution is 2.30. The first-order valence-electron chi connectivity index (χ1n) is 5.00. The van der Waals surface area contributed by atoms with E-state index in [-0.39, 0.29) is 5.60 Å². The second-order valence-electron chi connectivity index (χ2n) is 4.38. The Morgan fingerprint density at radius 3 is 2.75 bits per heavy atom. The summed E-state index contributed by atoms with van der Waals surface area (Å²) in [6.45, 7) is 4.72. The van der Waals surface area contributed by atoms with Crippen molar-refractivity contribution in [2.24, 2.45) is 5.92 Å². The maximum absolute atomic E-state index is 5.54. The average molecular weight is 170 g/mol. The predicted octanol–water partition coefficient (Wildman–Crippen LogP) is 1.98. The van der Waals surface area contributed by atoms with E-state index in [0.29, 0.717) is 0 Å². The van der Waals surface area contributed by atoms with Crippen LogP contribution in [0.2, 0.25) is 0 Å². The molecule has 1 saturated carbocycles. The Balaban J connectivity index is 1.46. The van der Waals surface area contributed by atoms with Crippen molar-refractivity contribution >= 4 is 0 Å². The van der Waals surface area contributed by atoms with Crippen molar-refractivity contribution in [3.8, 4) is 0 Å². The highest BCUT2D eigenvalue weighted by atomic mass is 16.6. The molecule has 70 valence electrons. The van der Waals surface area contributed by atoms with E-state index in [2.05, 4.69) is 6.92 Å². The van der Waals surface area contributed by atoms with Gasteiger partial charge in [-0.1, -0.05) is 19.3 Å². The van der Waals surface area contributed by atoms with Crippen molar-refractivity contribution in [1.29, 1.82) is 0 Å². The largest absolute Gasteiger partial charge is 0.378 e. The summed E-state index contributed by atoms with van der Waals surface area (Å²) < 4.78 is 10.8. The van der Waals surface area contributed by atoms with E-state index in [9.17, 15) is 0 Å². The van der Waals surface area contributed by atoms with Crippen molar-refractivity contribution in [3.05, 3.63) is 0 Å². The van der Waals surface area contributed by atoms with Gasteiger partial charge < -0.3 is 9.47 Å². The van der Waals surface area contributed by atoms with Gasteiger partial charge in [0.25, 0.3) is 0 Å². The molecule has 0 spiro atoms. The average Bonchev–Trinajstić information content (AvgIpc) is 2.65. The summed E-state index contributed by atoms with van der Waals surface area (Å²) in [5, 5.41) is 0. The van der Waals surface area contributed by atoms with E-state index in [1.165, 1.54) is 25.7 Å². The maximum Gasteiger partial charge on any atom is 0.112 e. The molecule has 0 aromatic rings. The second-order valence-corrected chi connectivity index (χ2v) is 4.38. The number of ether oxygens (including phenoxy) is 2. The van der Waals surface area contributed by atoms with Gasteiger partial charge in [-0.2, -0.15) is 0 Å². The van der Waals surface area contributed by atoms with Crippen molar-refractivity contribution in [1.82, 2.24) is 0 Å². The van der Waals surface area contributed by atoms with Crippen molar-refractivity contribution in [2.45, 2.75) is 38.2 Å².